The van der Waals surface area contributed by atoms with Crippen molar-refractivity contribution in [3.8, 4) is 11.6 Å². The highest BCUT2D eigenvalue weighted by molar-refractivity contribution is 6.31. The molecule has 1 aliphatic rings. The van der Waals surface area contributed by atoms with Gasteiger partial charge in [0, 0.05) is 25.4 Å². The Kier molecular flexibility index (Phi) is 5.51. The predicted octanol–water partition coefficient (Wildman–Crippen LogP) is 4.76. The van der Waals surface area contributed by atoms with Crippen LogP contribution in [0.2, 0.25) is 5.02 Å². The van der Waals surface area contributed by atoms with Crippen LogP contribution in [0.1, 0.15) is 18.4 Å². The fraction of sp³-hybridized carbons (Fsp3) is 0.294. The molecular weight excluding hydrogens is 419 g/mol. The van der Waals surface area contributed by atoms with Crippen molar-refractivity contribution in [2.45, 2.75) is 19.0 Å². The lowest BCUT2D eigenvalue weighted by Gasteiger charge is -2.18. The molecule has 1 heterocycles. The highest BCUT2D eigenvalue weighted by atomic mass is 35.5. The lowest BCUT2D eigenvalue weighted by Crippen LogP contribution is -2.24. The third kappa shape index (κ3) is 4.86. The number of nitro benzene ring substituents is 1. The Bertz CT molecular complexity index is 966. The maximum atomic E-state index is 12.7. The summed E-state index contributed by atoms with van der Waals surface area (Å²) in [6.45, 7) is 0. The number of hydroxylamine groups is 1. The van der Waals surface area contributed by atoms with E-state index >= 15 is 0 Å². The molecule has 0 amide bonds. The molecule has 29 heavy (non-hydrogen) atoms. The minimum absolute atomic E-state index is 0.00548. The Morgan fingerprint density at radius 3 is 2.59 bits per heavy atom. The molecule has 0 saturated heterocycles. The summed E-state index contributed by atoms with van der Waals surface area (Å²) in [6.07, 6.45) is -2.69. The molecule has 1 aliphatic carbocycles. The Balaban J connectivity index is 1.86. The standard InChI is InChI=1S/C17H13ClF3N3O5/c1-23(29-16(25)9-2-3-9)14-7-11(4-5-13(14)24(26)27)28-15-12(18)6-10(8-22-15)17(19,20)21/h4-9H,2-3H2,1H3. The van der Waals surface area contributed by atoms with Crippen LogP contribution < -0.4 is 9.80 Å². The number of alkyl halides is 3. The van der Waals surface area contributed by atoms with Gasteiger partial charge in [0.05, 0.1) is 16.4 Å². The quantitative estimate of drug-likeness (QED) is 0.480. The first kappa shape index (κ1) is 20.6. The van der Waals surface area contributed by atoms with E-state index in [1.165, 1.54) is 19.2 Å². The molecule has 0 atom stereocenters. The number of ether oxygens (including phenoxy) is 1. The van der Waals surface area contributed by atoms with E-state index < -0.39 is 27.7 Å². The Morgan fingerprint density at radius 2 is 2.03 bits per heavy atom. The van der Waals surface area contributed by atoms with E-state index in [-0.39, 0.29) is 28.9 Å². The van der Waals surface area contributed by atoms with Crippen LogP contribution in [0.25, 0.3) is 0 Å². The monoisotopic (exact) mass is 431 g/mol. The lowest BCUT2D eigenvalue weighted by molar-refractivity contribution is -0.384. The molecule has 154 valence electrons. The smallest absolute Gasteiger partial charge is 0.417 e. The topological polar surface area (TPSA) is 94.8 Å². The first-order chi connectivity index (χ1) is 13.6. The normalized spacial score (nSPS) is 13.7. The van der Waals surface area contributed by atoms with Crippen molar-refractivity contribution in [1.29, 1.82) is 0 Å². The Morgan fingerprint density at radius 1 is 1.34 bits per heavy atom. The zero-order chi connectivity index (χ0) is 21.3. The molecule has 3 rings (SSSR count). The molecule has 2 aromatic rings. The summed E-state index contributed by atoms with van der Waals surface area (Å²) in [5.74, 6) is -1.07. The van der Waals surface area contributed by atoms with Gasteiger partial charge in [0.2, 0.25) is 5.88 Å². The van der Waals surface area contributed by atoms with Crippen molar-refractivity contribution in [2.24, 2.45) is 5.92 Å². The molecule has 1 aromatic heterocycles. The van der Waals surface area contributed by atoms with Gasteiger partial charge < -0.3 is 9.57 Å². The van der Waals surface area contributed by atoms with E-state index in [4.69, 9.17) is 21.2 Å². The van der Waals surface area contributed by atoms with Crippen LogP contribution in [-0.2, 0) is 15.8 Å². The maximum absolute atomic E-state index is 12.7. The largest absolute Gasteiger partial charge is 0.437 e. The first-order valence-corrected chi connectivity index (χ1v) is 8.58. The van der Waals surface area contributed by atoms with Gasteiger partial charge in [0.1, 0.15) is 10.8 Å². The van der Waals surface area contributed by atoms with Gasteiger partial charge in [-0.2, -0.15) is 13.2 Å². The Labute approximate surface area is 166 Å². The van der Waals surface area contributed by atoms with Gasteiger partial charge in [-0.25, -0.2) is 14.8 Å². The number of nitrogens with zero attached hydrogens (tertiary/aromatic N) is 3. The second-order valence-electron chi connectivity index (χ2n) is 6.20. The zero-order valence-electron chi connectivity index (χ0n) is 14.8. The second-order valence-corrected chi connectivity index (χ2v) is 6.61. The van der Waals surface area contributed by atoms with E-state index in [1.807, 2.05) is 0 Å². The fourth-order valence-corrected chi connectivity index (χ4v) is 2.52. The highest BCUT2D eigenvalue weighted by Crippen LogP contribution is 2.38. The van der Waals surface area contributed by atoms with Gasteiger partial charge >= 0.3 is 12.1 Å². The summed E-state index contributed by atoms with van der Waals surface area (Å²) in [5.41, 5.74) is -1.51. The lowest BCUT2D eigenvalue weighted by atomic mass is 10.2. The number of benzene rings is 1. The van der Waals surface area contributed by atoms with E-state index in [2.05, 4.69) is 4.98 Å². The number of nitro groups is 1. The van der Waals surface area contributed by atoms with Gasteiger partial charge in [0.15, 0.2) is 5.69 Å². The molecule has 0 radical (unpaired) electrons. The second kappa shape index (κ2) is 7.74. The maximum Gasteiger partial charge on any atom is 0.417 e. The van der Waals surface area contributed by atoms with Crippen LogP contribution in [0.3, 0.4) is 0 Å². The molecule has 1 aromatic carbocycles. The molecule has 12 heteroatoms. The van der Waals surface area contributed by atoms with Crippen molar-refractivity contribution in [3.63, 3.8) is 0 Å². The van der Waals surface area contributed by atoms with Gasteiger partial charge in [-0.3, -0.25) is 10.1 Å². The summed E-state index contributed by atoms with van der Waals surface area (Å²) < 4.78 is 43.5. The number of anilines is 1. The van der Waals surface area contributed by atoms with E-state index in [1.54, 1.807) is 0 Å². The third-order valence-corrected chi connectivity index (χ3v) is 4.24. The van der Waals surface area contributed by atoms with E-state index in [0.29, 0.717) is 25.1 Å². The SMILES string of the molecule is CN(OC(=O)C1CC1)c1cc(Oc2ncc(C(F)(F)F)cc2Cl)ccc1[N+](=O)[O-]. The molecule has 0 bridgehead atoms. The number of carbonyl (C=O) groups excluding carboxylic acids is 1. The van der Waals surface area contributed by atoms with Gasteiger partial charge in [0.25, 0.3) is 5.69 Å². The minimum atomic E-state index is -4.62. The zero-order valence-corrected chi connectivity index (χ0v) is 15.5. The molecular formula is C17H13ClF3N3O5. The van der Waals surface area contributed by atoms with Crippen LogP contribution in [0.15, 0.2) is 30.5 Å². The minimum Gasteiger partial charge on any atom is -0.437 e. The molecule has 0 N–H and O–H groups in total. The summed E-state index contributed by atoms with van der Waals surface area (Å²) in [4.78, 5) is 31.1. The Hall–Kier alpha value is -3.08. The van der Waals surface area contributed by atoms with Crippen LogP contribution in [0.5, 0.6) is 11.6 Å². The number of hydrogen-bond donors (Lipinski definition) is 0. The number of aromatic nitrogens is 1. The number of halogens is 4. The van der Waals surface area contributed by atoms with E-state index in [0.717, 1.165) is 11.1 Å². The third-order valence-electron chi connectivity index (χ3n) is 3.97. The number of hydrogen-bond acceptors (Lipinski definition) is 7. The molecule has 1 saturated carbocycles. The van der Waals surface area contributed by atoms with Gasteiger partial charge in [-0.05, 0) is 25.0 Å². The number of carbonyl (C=O) groups is 1. The fourth-order valence-electron chi connectivity index (χ4n) is 2.32. The molecule has 1 fully saturated rings. The summed E-state index contributed by atoms with van der Waals surface area (Å²) in [7, 11) is 1.32. The van der Waals surface area contributed by atoms with Gasteiger partial charge in [-0.1, -0.05) is 11.6 Å². The molecule has 0 spiro atoms. The van der Waals surface area contributed by atoms with Crippen LogP contribution in [-0.4, -0.2) is 22.9 Å². The van der Waals surface area contributed by atoms with Crippen molar-refractivity contribution in [3.05, 3.63) is 51.2 Å². The molecule has 0 unspecified atom stereocenters. The van der Waals surface area contributed by atoms with Crippen LogP contribution in [0, 0.1) is 16.0 Å². The highest BCUT2D eigenvalue weighted by Gasteiger charge is 2.34. The van der Waals surface area contributed by atoms with E-state index in [9.17, 15) is 28.1 Å². The van der Waals surface area contributed by atoms with Crippen LogP contribution in [0.4, 0.5) is 24.5 Å². The molecule has 0 aliphatic heterocycles. The number of pyridine rings is 1. The average Bonchev–Trinajstić information content (AvgIpc) is 3.47. The summed E-state index contributed by atoms with van der Waals surface area (Å²) in [5, 5.41) is 11.8. The van der Waals surface area contributed by atoms with Crippen molar-refractivity contribution in [1.82, 2.24) is 4.98 Å². The summed E-state index contributed by atoms with van der Waals surface area (Å²) >= 11 is 5.80. The predicted molar refractivity (Wildman–Crippen MR) is 94.6 cm³/mol. The van der Waals surface area contributed by atoms with Crippen molar-refractivity contribution in [2.75, 3.05) is 12.1 Å². The average molecular weight is 432 g/mol. The summed E-state index contributed by atoms with van der Waals surface area (Å²) in [6, 6.07) is 4.16. The van der Waals surface area contributed by atoms with Gasteiger partial charge in [-0.15, -0.1) is 0 Å². The molecule has 8 nitrogen and oxygen atoms in total. The number of rotatable bonds is 6. The van der Waals surface area contributed by atoms with Crippen molar-refractivity contribution >= 4 is 28.9 Å². The first-order valence-electron chi connectivity index (χ1n) is 8.21. The van der Waals surface area contributed by atoms with Crippen LogP contribution >= 0.6 is 11.6 Å². The van der Waals surface area contributed by atoms with Crippen molar-refractivity contribution < 1.29 is 32.5 Å².